The minimum atomic E-state index is -0.495. The first kappa shape index (κ1) is 20.2. The second kappa shape index (κ2) is 8.66. The van der Waals surface area contributed by atoms with Crippen LogP contribution < -0.4 is 16.4 Å². The van der Waals surface area contributed by atoms with Crippen LogP contribution in [0.2, 0.25) is 5.02 Å². The minimum Gasteiger partial charge on any atom is -0.382 e. The van der Waals surface area contributed by atoms with E-state index in [4.69, 9.17) is 17.3 Å². The number of nitrogens with two attached hydrogens (primary N) is 1. The molecule has 3 rings (SSSR count). The molecule has 0 bridgehead atoms. The van der Waals surface area contributed by atoms with E-state index in [-0.39, 0.29) is 28.6 Å². The molecule has 0 aliphatic rings. The molecular weight excluding hydrogens is 397 g/mol. The molecule has 2 amide bonds. The first-order valence-electron chi connectivity index (χ1n) is 8.57. The number of carbonyl (C=O) groups is 2. The monoisotopic (exact) mass is 413 g/mol. The van der Waals surface area contributed by atoms with Gasteiger partial charge in [0, 0.05) is 35.3 Å². The molecule has 148 valence electrons. The van der Waals surface area contributed by atoms with Gasteiger partial charge >= 0.3 is 0 Å². The Morgan fingerprint density at radius 3 is 2.66 bits per heavy atom. The van der Waals surface area contributed by atoms with Crippen LogP contribution in [-0.4, -0.2) is 28.8 Å². The molecule has 1 heterocycles. The van der Waals surface area contributed by atoms with Crippen LogP contribution in [0, 0.1) is 5.82 Å². The Kier molecular flexibility index (Phi) is 6.04. The summed E-state index contributed by atoms with van der Waals surface area (Å²) in [6, 6.07) is 10.9. The molecule has 7 nitrogen and oxygen atoms in total. The Morgan fingerprint density at radius 1 is 1.17 bits per heavy atom. The number of amides is 2. The maximum atomic E-state index is 13.9. The Labute approximate surface area is 171 Å². The van der Waals surface area contributed by atoms with Gasteiger partial charge in [-0.3, -0.25) is 9.59 Å². The summed E-state index contributed by atoms with van der Waals surface area (Å²) in [6.45, 7) is -0.0585. The third kappa shape index (κ3) is 4.49. The summed E-state index contributed by atoms with van der Waals surface area (Å²) in [4.78, 5) is 32.6. The molecule has 0 aliphatic carbocycles. The van der Waals surface area contributed by atoms with Crippen LogP contribution in [0.5, 0.6) is 0 Å². The predicted octanol–water partition coefficient (Wildman–Crippen LogP) is 2.81. The number of nitrogen functional groups attached to an aromatic ring is 1. The van der Waals surface area contributed by atoms with Crippen LogP contribution in [-0.2, 0) is 6.54 Å². The van der Waals surface area contributed by atoms with Gasteiger partial charge in [-0.05, 0) is 24.3 Å². The second-order valence-electron chi connectivity index (χ2n) is 6.03. The van der Waals surface area contributed by atoms with E-state index in [1.165, 1.54) is 25.4 Å². The Balaban J connectivity index is 1.82. The van der Waals surface area contributed by atoms with E-state index in [0.29, 0.717) is 16.8 Å². The van der Waals surface area contributed by atoms with Crippen molar-refractivity contribution >= 4 is 29.2 Å². The molecule has 4 N–H and O–H groups in total. The van der Waals surface area contributed by atoms with Gasteiger partial charge in [0.25, 0.3) is 11.8 Å². The fourth-order valence-corrected chi connectivity index (χ4v) is 2.84. The molecule has 0 unspecified atom stereocenters. The molecule has 2 aromatic carbocycles. The van der Waals surface area contributed by atoms with E-state index >= 15 is 0 Å². The van der Waals surface area contributed by atoms with Gasteiger partial charge in [-0.25, -0.2) is 14.4 Å². The first-order valence-corrected chi connectivity index (χ1v) is 8.94. The predicted molar refractivity (Wildman–Crippen MR) is 108 cm³/mol. The number of benzene rings is 2. The number of halogens is 2. The van der Waals surface area contributed by atoms with E-state index in [9.17, 15) is 14.0 Å². The number of anilines is 1. The molecular formula is C20H17ClFN5O2. The average molecular weight is 414 g/mol. The fourth-order valence-electron chi connectivity index (χ4n) is 2.61. The number of carbonyl (C=O) groups excluding carboxylic acids is 2. The van der Waals surface area contributed by atoms with Crippen molar-refractivity contribution in [1.82, 2.24) is 20.6 Å². The standard InChI is InChI=1S/C20H17ClFN5O2/c1-24-20(29)17-18(23)25-10-16(27-17)11-4-2-5-12(8-11)19(28)26-9-13-14(21)6-3-7-15(13)22/h2-8,10H,9H2,1H3,(H2,23,25)(H,24,29)(H,26,28). The lowest BCUT2D eigenvalue weighted by atomic mass is 10.1. The normalized spacial score (nSPS) is 10.4. The van der Waals surface area contributed by atoms with Crippen LogP contribution in [0.4, 0.5) is 10.2 Å². The molecule has 0 spiro atoms. The van der Waals surface area contributed by atoms with E-state index in [2.05, 4.69) is 20.6 Å². The number of nitrogens with one attached hydrogen (secondary N) is 2. The summed E-state index contributed by atoms with van der Waals surface area (Å²) in [5.74, 6) is -1.37. The van der Waals surface area contributed by atoms with Gasteiger partial charge in [-0.1, -0.05) is 29.8 Å². The van der Waals surface area contributed by atoms with Gasteiger partial charge in [-0.2, -0.15) is 0 Å². The van der Waals surface area contributed by atoms with Crippen molar-refractivity contribution in [2.24, 2.45) is 0 Å². The average Bonchev–Trinajstić information content (AvgIpc) is 2.73. The molecule has 0 radical (unpaired) electrons. The van der Waals surface area contributed by atoms with Crippen molar-refractivity contribution in [2.75, 3.05) is 12.8 Å². The van der Waals surface area contributed by atoms with Gasteiger partial charge in [0.15, 0.2) is 11.5 Å². The summed E-state index contributed by atoms with van der Waals surface area (Å²) >= 11 is 5.98. The minimum absolute atomic E-state index is 0.00349. The summed E-state index contributed by atoms with van der Waals surface area (Å²) in [5, 5.41) is 5.32. The van der Waals surface area contributed by atoms with E-state index in [1.54, 1.807) is 30.3 Å². The molecule has 29 heavy (non-hydrogen) atoms. The number of hydrogen-bond donors (Lipinski definition) is 3. The highest BCUT2D eigenvalue weighted by Gasteiger charge is 2.15. The van der Waals surface area contributed by atoms with E-state index < -0.39 is 17.6 Å². The largest absolute Gasteiger partial charge is 0.382 e. The van der Waals surface area contributed by atoms with Gasteiger partial charge in [0.2, 0.25) is 0 Å². The maximum absolute atomic E-state index is 13.9. The maximum Gasteiger partial charge on any atom is 0.273 e. The fraction of sp³-hybridized carbons (Fsp3) is 0.100. The van der Waals surface area contributed by atoms with Crippen molar-refractivity contribution in [3.05, 3.63) is 76.3 Å². The molecule has 0 atom stereocenters. The lowest BCUT2D eigenvalue weighted by molar-refractivity contribution is 0.0945. The van der Waals surface area contributed by atoms with Crippen molar-refractivity contribution in [3.8, 4) is 11.3 Å². The van der Waals surface area contributed by atoms with Crippen LogP contribution in [0.3, 0.4) is 0 Å². The van der Waals surface area contributed by atoms with Crippen molar-refractivity contribution in [3.63, 3.8) is 0 Å². The molecule has 0 aliphatic heterocycles. The van der Waals surface area contributed by atoms with E-state index in [0.717, 1.165) is 0 Å². The van der Waals surface area contributed by atoms with Gasteiger partial charge in [-0.15, -0.1) is 0 Å². The smallest absolute Gasteiger partial charge is 0.273 e. The lowest BCUT2D eigenvalue weighted by Crippen LogP contribution is -2.23. The highest BCUT2D eigenvalue weighted by molar-refractivity contribution is 6.31. The van der Waals surface area contributed by atoms with Crippen LogP contribution >= 0.6 is 11.6 Å². The van der Waals surface area contributed by atoms with E-state index in [1.807, 2.05) is 0 Å². The molecule has 0 fully saturated rings. The quantitative estimate of drug-likeness (QED) is 0.595. The highest BCUT2D eigenvalue weighted by Crippen LogP contribution is 2.21. The second-order valence-corrected chi connectivity index (χ2v) is 6.44. The van der Waals surface area contributed by atoms with Crippen LogP contribution in [0.25, 0.3) is 11.3 Å². The Morgan fingerprint density at radius 2 is 1.93 bits per heavy atom. The number of rotatable bonds is 5. The first-order chi connectivity index (χ1) is 13.9. The third-order valence-electron chi connectivity index (χ3n) is 4.15. The summed E-state index contributed by atoms with van der Waals surface area (Å²) < 4.78 is 13.9. The zero-order valence-corrected chi connectivity index (χ0v) is 16.1. The molecule has 0 saturated carbocycles. The van der Waals surface area contributed by atoms with Crippen LogP contribution in [0.1, 0.15) is 26.4 Å². The zero-order valence-electron chi connectivity index (χ0n) is 15.4. The molecule has 9 heteroatoms. The van der Waals surface area contributed by atoms with Gasteiger partial charge in [0.1, 0.15) is 5.82 Å². The third-order valence-corrected chi connectivity index (χ3v) is 4.50. The number of hydrogen-bond acceptors (Lipinski definition) is 5. The van der Waals surface area contributed by atoms with Crippen molar-refractivity contribution < 1.29 is 14.0 Å². The zero-order chi connectivity index (χ0) is 21.0. The summed E-state index contributed by atoms with van der Waals surface area (Å²) in [6.07, 6.45) is 1.41. The highest BCUT2D eigenvalue weighted by atomic mass is 35.5. The van der Waals surface area contributed by atoms with Crippen LogP contribution in [0.15, 0.2) is 48.7 Å². The van der Waals surface area contributed by atoms with Crippen molar-refractivity contribution in [2.45, 2.75) is 6.54 Å². The topological polar surface area (TPSA) is 110 Å². The van der Waals surface area contributed by atoms with Crippen molar-refractivity contribution in [1.29, 1.82) is 0 Å². The Bertz CT molecular complexity index is 1070. The molecule has 0 saturated heterocycles. The Hall–Kier alpha value is -3.52. The molecule has 1 aromatic heterocycles. The number of nitrogens with zero attached hydrogens (tertiary/aromatic N) is 2. The molecule has 3 aromatic rings. The lowest BCUT2D eigenvalue weighted by Gasteiger charge is -2.10. The number of aromatic nitrogens is 2. The van der Waals surface area contributed by atoms with Gasteiger partial charge < -0.3 is 16.4 Å². The summed E-state index contributed by atoms with van der Waals surface area (Å²) in [7, 11) is 1.46. The van der Waals surface area contributed by atoms with Gasteiger partial charge in [0.05, 0.1) is 11.9 Å². The summed E-state index contributed by atoms with van der Waals surface area (Å²) in [5.41, 5.74) is 7.18. The SMILES string of the molecule is CNC(=O)c1nc(-c2cccc(C(=O)NCc3c(F)cccc3Cl)c2)cnc1N.